The Bertz CT molecular complexity index is 736. The van der Waals surface area contributed by atoms with Gasteiger partial charge in [0.15, 0.2) is 0 Å². The molecule has 2 aromatic rings. The van der Waals surface area contributed by atoms with Gasteiger partial charge in [0.25, 0.3) is 5.91 Å². The van der Waals surface area contributed by atoms with Gasteiger partial charge in [0.05, 0.1) is 11.1 Å². The second kappa shape index (κ2) is 6.66. The predicted molar refractivity (Wildman–Crippen MR) is 70.5 cm³/mol. The van der Waals surface area contributed by atoms with Gasteiger partial charge in [-0.25, -0.2) is 5.43 Å². The lowest BCUT2D eigenvalue weighted by Gasteiger charge is -2.12. The molecule has 0 atom stereocenters. The van der Waals surface area contributed by atoms with E-state index < -0.39 is 47.3 Å². The molecule has 0 spiro atoms. The summed E-state index contributed by atoms with van der Waals surface area (Å²) in [6, 6.07) is 0.947. The van der Waals surface area contributed by atoms with Crippen LogP contribution in [0.4, 0.5) is 26.3 Å². The first-order valence-electron chi connectivity index (χ1n) is 6.54. The number of amides is 1. The Morgan fingerprint density at radius 1 is 1.08 bits per heavy atom. The molecule has 1 aromatic heterocycles. The van der Waals surface area contributed by atoms with E-state index in [1.165, 1.54) is 7.05 Å². The molecule has 0 aliphatic heterocycles. The number of alkyl halides is 6. The monoisotopic (exact) mass is 368 g/mol. The highest BCUT2D eigenvalue weighted by atomic mass is 19.4. The van der Waals surface area contributed by atoms with Crippen molar-refractivity contribution < 1.29 is 31.1 Å². The zero-order valence-electron chi connectivity index (χ0n) is 12.4. The third-order valence-electron chi connectivity index (χ3n) is 2.85. The Hall–Kier alpha value is -2.70. The molecule has 25 heavy (non-hydrogen) atoms. The first-order valence-corrected chi connectivity index (χ1v) is 6.54. The van der Waals surface area contributed by atoms with Crippen LogP contribution in [0.3, 0.4) is 0 Å². The van der Waals surface area contributed by atoms with Gasteiger partial charge in [-0.1, -0.05) is 0 Å². The number of carbonyl (C=O) groups excluding carboxylic acids is 1. The highest BCUT2D eigenvalue weighted by Crippen LogP contribution is 2.37. The van der Waals surface area contributed by atoms with Gasteiger partial charge in [-0.2, -0.15) is 31.1 Å². The molecule has 0 aliphatic rings. The van der Waals surface area contributed by atoms with Crippen LogP contribution in [-0.4, -0.2) is 33.2 Å². The highest BCUT2D eigenvalue weighted by Gasteiger charge is 2.37. The number of nitrogens with zero attached hydrogens (tertiary/aromatic N) is 4. The van der Waals surface area contributed by atoms with E-state index in [4.69, 9.17) is 0 Å². The van der Waals surface area contributed by atoms with Crippen molar-refractivity contribution in [3.63, 3.8) is 0 Å². The van der Waals surface area contributed by atoms with Crippen molar-refractivity contribution in [2.24, 2.45) is 0 Å². The van der Waals surface area contributed by atoms with Crippen LogP contribution in [0.1, 0.15) is 11.1 Å². The molecule has 1 aromatic carbocycles. The number of tetrazole rings is 1. The Morgan fingerprint density at radius 2 is 1.64 bits per heavy atom. The lowest BCUT2D eigenvalue weighted by atomic mass is 10.0. The van der Waals surface area contributed by atoms with Gasteiger partial charge in [-0.15, -0.1) is 10.2 Å². The summed E-state index contributed by atoms with van der Waals surface area (Å²) >= 11 is 0. The van der Waals surface area contributed by atoms with Crippen LogP contribution in [0, 0.1) is 0 Å². The molecule has 0 fully saturated rings. The highest BCUT2D eigenvalue weighted by molar-refractivity contribution is 5.74. The maximum atomic E-state index is 12.8. The molecule has 1 heterocycles. The Labute approximate surface area is 136 Å². The van der Waals surface area contributed by atoms with Crippen LogP contribution in [0.15, 0.2) is 18.2 Å². The van der Waals surface area contributed by atoms with Crippen molar-refractivity contribution in [2.75, 3.05) is 7.05 Å². The lowest BCUT2D eigenvalue weighted by molar-refractivity contribution is -0.143. The van der Waals surface area contributed by atoms with Crippen molar-refractivity contribution in [3.8, 4) is 11.4 Å². The zero-order chi connectivity index (χ0) is 18.8. The van der Waals surface area contributed by atoms with Gasteiger partial charge in [0.1, 0.15) is 6.54 Å². The number of benzene rings is 1. The summed E-state index contributed by atoms with van der Waals surface area (Å²) in [5.41, 5.74) is 0.999. The molecule has 0 saturated heterocycles. The minimum Gasteiger partial charge on any atom is -0.290 e. The van der Waals surface area contributed by atoms with Crippen molar-refractivity contribution in [1.29, 1.82) is 0 Å². The molecular weight excluding hydrogens is 358 g/mol. The van der Waals surface area contributed by atoms with E-state index in [0.29, 0.717) is 12.1 Å². The van der Waals surface area contributed by atoms with E-state index in [9.17, 15) is 31.1 Å². The normalized spacial score (nSPS) is 12.3. The standard InChI is InChI=1S/C12H10F6N6O/c1-19-20-9(25)5-24-22-10(21-23-24)6-2-7(11(13,14)15)4-8(3-6)12(16,17)18/h2-4,19H,5H2,1H3,(H,20,25). The molecule has 1 amide bonds. The minimum atomic E-state index is -4.99. The number of hydrazine groups is 1. The fourth-order valence-corrected chi connectivity index (χ4v) is 1.82. The van der Waals surface area contributed by atoms with E-state index in [0.717, 1.165) is 4.80 Å². The van der Waals surface area contributed by atoms with Crippen LogP contribution in [-0.2, 0) is 23.7 Å². The SMILES string of the molecule is CNNC(=O)Cn1nnc(-c2cc(C(F)(F)F)cc(C(F)(F)F)c2)n1. The summed E-state index contributed by atoms with van der Waals surface area (Å²) in [4.78, 5) is 12.1. The maximum absolute atomic E-state index is 12.8. The fraction of sp³-hybridized carbons (Fsp3) is 0.333. The van der Waals surface area contributed by atoms with Crippen LogP contribution in [0.25, 0.3) is 11.4 Å². The third-order valence-corrected chi connectivity index (χ3v) is 2.85. The molecule has 0 radical (unpaired) electrons. The van der Waals surface area contributed by atoms with E-state index in [-0.39, 0.29) is 6.07 Å². The van der Waals surface area contributed by atoms with Gasteiger partial charge in [-0.05, 0) is 23.4 Å². The topological polar surface area (TPSA) is 84.7 Å². The zero-order valence-corrected chi connectivity index (χ0v) is 12.4. The van der Waals surface area contributed by atoms with Gasteiger partial charge >= 0.3 is 12.4 Å². The van der Waals surface area contributed by atoms with Crippen LogP contribution < -0.4 is 10.9 Å². The molecule has 0 aliphatic carbocycles. The van der Waals surface area contributed by atoms with E-state index in [2.05, 4.69) is 26.3 Å². The number of carbonyl (C=O) groups is 1. The molecule has 7 nitrogen and oxygen atoms in total. The first kappa shape index (κ1) is 18.6. The van der Waals surface area contributed by atoms with E-state index in [1.54, 1.807) is 0 Å². The maximum Gasteiger partial charge on any atom is 0.416 e. The summed E-state index contributed by atoms with van der Waals surface area (Å²) in [6.07, 6.45) is -9.97. The third kappa shape index (κ3) is 4.65. The second-order valence-corrected chi connectivity index (χ2v) is 4.74. The average Bonchev–Trinajstić information content (AvgIpc) is 2.93. The minimum absolute atomic E-state index is 0.00567. The Balaban J connectivity index is 2.42. The van der Waals surface area contributed by atoms with Gasteiger partial charge in [-0.3, -0.25) is 10.2 Å². The smallest absolute Gasteiger partial charge is 0.290 e. The molecule has 13 heteroatoms. The number of halogens is 6. The van der Waals surface area contributed by atoms with Crippen molar-refractivity contribution in [1.82, 2.24) is 31.1 Å². The predicted octanol–water partition coefficient (Wildman–Crippen LogP) is 1.63. The quantitative estimate of drug-likeness (QED) is 0.633. The number of hydrogen-bond donors (Lipinski definition) is 2. The molecule has 2 N–H and O–H groups in total. The van der Waals surface area contributed by atoms with Gasteiger partial charge < -0.3 is 0 Å². The van der Waals surface area contributed by atoms with E-state index in [1.807, 2.05) is 0 Å². The van der Waals surface area contributed by atoms with Crippen LogP contribution in [0.2, 0.25) is 0 Å². The summed E-state index contributed by atoms with van der Waals surface area (Å²) in [7, 11) is 1.42. The van der Waals surface area contributed by atoms with Crippen molar-refractivity contribution in [2.45, 2.75) is 18.9 Å². The largest absolute Gasteiger partial charge is 0.416 e. The molecule has 2 rings (SSSR count). The summed E-state index contributed by atoms with van der Waals surface area (Å²) < 4.78 is 76.9. The van der Waals surface area contributed by atoms with Crippen molar-refractivity contribution >= 4 is 5.91 Å². The van der Waals surface area contributed by atoms with Crippen LogP contribution in [0.5, 0.6) is 0 Å². The summed E-state index contributed by atoms with van der Waals surface area (Å²) in [6.45, 7) is -0.432. The summed E-state index contributed by atoms with van der Waals surface area (Å²) in [5, 5.41) is 10.4. The Morgan fingerprint density at radius 3 is 2.12 bits per heavy atom. The number of nitrogens with one attached hydrogen (secondary N) is 2. The van der Waals surface area contributed by atoms with Gasteiger partial charge in [0, 0.05) is 12.6 Å². The molecule has 0 bridgehead atoms. The number of rotatable bonds is 4. The molecule has 0 unspecified atom stereocenters. The summed E-state index contributed by atoms with van der Waals surface area (Å²) in [5.74, 6) is -1.07. The van der Waals surface area contributed by atoms with E-state index >= 15 is 0 Å². The molecular formula is C12H10F6N6O. The fourth-order valence-electron chi connectivity index (χ4n) is 1.82. The number of hydrogen-bond acceptors (Lipinski definition) is 5. The second-order valence-electron chi connectivity index (χ2n) is 4.74. The number of aromatic nitrogens is 4. The lowest BCUT2D eigenvalue weighted by Crippen LogP contribution is -2.37. The van der Waals surface area contributed by atoms with Crippen LogP contribution >= 0.6 is 0 Å². The van der Waals surface area contributed by atoms with Crippen molar-refractivity contribution in [3.05, 3.63) is 29.3 Å². The first-order chi connectivity index (χ1) is 11.5. The Kier molecular flexibility index (Phi) is 4.97. The average molecular weight is 368 g/mol. The van der Waals surface area contributed by atoms with Gasteiger partial charge in [0.2, 0.25) is 5.82 Å². The molecule has 0 saturated carbocycles. The molecule has 136 valence electrons.